The van der Waals surface area contributed by atoms with E-state index in [1.807, 2.05) is 48.5 Å². The summed E-state index contributed by atoms with van der Waals surface area (Å²) in [6.45, 7) is 0.540. The highest BCUT2D eigenvalue weighted by Gasteiger charge is 2.17. The van der Waals surface area contributed by atoms with E-state index in [0.29, 0.717) is 13.0 Å². The van der Waals surface area contributed by atoms with Gasteiger partial charge < -0.3 is 23.5 Å². The van der Waals surface area contributed by atoms with Gasteiger partial charge >= 0.3 is 0 Å². The maximum atomic E-state index is 12.2. The Hall–Kier alpha value is -2.62. The molecule has 26 heavy (non-hydrogen) atoms. The Kier molecular flexibility index (Phi) is 7.39. The van der Waals surface area contributed by atoms with Crippen LogP contribution < -0.4 is 23.5 Å². The fourth-order valence-electron chi connectivity index (χ4n) is 2.77. The highest BCUT2D eigenvalue weighted by atomic mass is 35.5. The molecule has 0 aliphatic carbocycles. The van der Waals surface area contributed by atoms with Crippen LogP contribution in [0.5, 0.6) is 0 Å². The lowest BCUT2D eigenvalue weighted by atomic mass is 10.0. The Morgan fingerprint density at radius 1 is 0.769 bits per heavy atom. The van der Waals surface area contributed by atoms with Crippen molar-refractivity contribution in [2.45, 2.75) is 19.0 Å². The molecule has 3 aromatic carbocycles. The molecule has 4 heteroatoms. The minimum atomic E-state index is -0.300. The predicted molar refractivity (Wildman–Crippen MR) is 101 cm³/mol. The first-order valence-electron chi connectivity index (χ1n) is 8.51. The van der Waals surface area contributed by atoms with E-state index >= 15 is 0 Å². The zero-order chi connectivity index (χ0) is 17.5. The van der Waals surface area contributed by atoms with Crippen LogP contribution in [0.25, 0.3) is 11.1 Å². The number of carbonyl (C=O) groups excluding carboxylic acids is 1. The molecule has 0 aliphatic heterocycles. The van der Waals surface area contributed by atoms with Crippen LogP contribution in [0.1, 0.15) is 11.1 Å². The van der Waals surface area contributed by atoms with Crippen LogP contribution in [-0.2, 0) is 17.8 Å². The van der Waals surface area contributed by atoms with Gasteiger partial charge in [-0.25, -0.2) is 0 Å². The number of quaternary nitrogens is 1. The van der Waals surface area contributed by atoms with Crippen LogP contribution in [0.3, 0.4) is 0 Å². The molecule has 3 nitrogen and oxygen atoms in total. The summed E-state index contributed by atoms with van der Waals surface area (Å²) in [5.74, 6) is -0.0176. The first-order valence-corrected chi connectivity index (χ1v) is 8.51. The van der Waals surface area contributed by atoms with Gasteiger partial charge in [-0.2, -0.15) is 0 Å². The maximum Gasteiger partial charge on any atom is 0.278 e. The van der Waals surface area contributed by atoms with Crippen LogP contribution in [0.15, 0.2) is 84.9 Å². The Balaban J connectivity index is 0.00000243. The van der Waals surface area contributed by atoms with Crippen molar-refractivity contribution in [2.24, 2.45) is 0 Å². The molecular weight excluding hydrogens is 344 g/mol. The zero-order valence-electron chi connectivity index (χ0n) is 14.6. The van der Waals surface area contributed by atoms with Crippen LogP contribution >= 0.6 is 0 Å². The van der Waals surface area contributed by atoms with E-state index in [2.05, 4.69) is 47.4 Å². The molecule has 0 heterocycles. The minimum absolute atomic E-state index is 0. The molecule has 0 bridgehead atoms. The van der Waals surface area contributed by atoms with Crippen LogP contribution in [0.4, 0.5) is 0 Å². The van der Waals surface area contributed by atoms with Gasteiger partial charge in [-0.1, -0.05) is 84.9 Å². The lowest BCUT2D eigenvalue weighted by Crippen LogP contribution is -3.00. The third-order valence-corrected chi connectivity index (χ3v) is 4.22. The van der Waals surface area contributed by atoms with Crippen LogP contribution in [0, 0.1) is 0 Å². The SMILES string of the molecule is [Cl-].[NH3+][C@@H](Cc1ccc(-c2ccccc2)cc1)C(=O)NCc1ccccc1. The van der Waals surface area contributed by atoms with Crippen molar-refractivity contribution in [1.82, 2.24) is 5.32 Å². The molecule has 3 rings (SSSR count). The quantitative estimate of drug-likeness (QED) is 0.625. The fourth-order valence-corrected chi connectivity index (χ4v) is 2.77. The average molecular weight is 367 g/mol. The third kappa shape index (κ3) is 5.45. The Morgan fingerprint density at radius 2 is 1.31 bits per heavy atom. The van der Waals surface area contributed by atoms with Gasteiger partial charge in [0.05, 0.1) is 0 Å². The molecule has 4 N–H and O–H groups in total. The zero-order valence-corrected chi connectivity index (χ0v) is 15.3. The van der Waals surface area contributed by atoms with E-state index in [-0.39, 0.29) is 24.4 Å². The summed E-state index contributed by atoms with van der Waals surface area (Å²) in [5.41, 5.74) is 8.60. The molecule has 134 valence electrons. The second-order valence-electron chi connectivity index (χ2n) is 6.17. The molecule has 0 radical (unpaired) electrons. The summed E-state index contributed by atoms with van der Waals surface area (Å²) in [6.07, 6.45) is 0.635. The monoisotopic (exact) mass is 366 g/mol. The van der Waals surface area contributed by atoms with E-state index in [1.54, 1.807) is 0 Å². The lowest BCUT2D eigenvalue weighted by molar-refractivity contribution is -0.403. The first-order chi connectivity index (χ1) is 12.2. The van der Waals surface area contributed by atoms with Gasteiger partial charge in [0.1, 0.15) is 0 Å². The summed E-state index contributed by atoms with van der Waals surface area (Å²) >= 11 is 0. The van der Waals surface area contributed by atoms with E-state index in [0.717, 1.165) is 11.1 Å². The molecule has 3 aromatic rings. The van der Waals surface area contributed by atoms with E-state index < -0.39 is 0 Å². The summed E-state index contributed by atoms with van der Waals surface area (Å²) in [5, 5.41) is 2.95. The van der Waals surface area contributed by atoms with E-state index in [4.69, 9.17) is 0 Å². The predicted octanol–water partition coefficient (Wildman–Crippen LogP) is -0.173. The molecule has 0 aromatic heterocycles. The molecule has 0 spiro atoms. The maximum absolute atomic E-state index is 12.2. The topological polar surface area (TPSA) is 56.7 Å². The van der Waals surface area contributed by atoms with Crippen molar-refractivity contribution in [3.05, 3.63) is 96.1 Å². The van der Waals surface area contributed by atoms with Crippen molar-refractivity contribution in [1.29, 1.82) is 0 Å². The fraction of sp³-hybridized carbons (Fsp3) is 0.136. The number of halogens is 1. The Morgan fingerprint density at radius 3 is 1.92 bits per heavy atom. The second kappa shape index (κ2) is 9.76. The standard InChI is InChI=1S/C22H22N2O.ClH/c23-21(22(25)24-16-18-7-3-1-4-8-18)15-17-11-13-20(14-12-17)19-9-5-2-6-10-19;/h1-14,21H,15-16,23H2,(H,24,25);1H/t21-;/m0./s1. The third-order valence-electron chi connectivity index (χ3n) is 4.22. The van der Waals surface area contributed by atoms with Crippen molar-refractivity contribution in [2.75, 3.05) is 0 Å². The lowest BCUT2D eigenvalue weighted by Gasteiger charge is -2.10. The van der Waals surface area contributed by atoms with Crippen LogP contribution in [-0.4, -0.2) is 11.9 Å². The minimum Gasteiger partial charge on any atom is -1.00 e. The van der Waals surface area contributed by atoms with Crippen LogP contribution in [0.2, 0.25) is 0 Å². The van der Waals surface area contributed by atoms with Gasteiger partial charge in [-0.3, -0.25) is 4.79 Å². The molecule has 0 unspecified atom stereocenters. The molecule has 1 atom stereocenters. The summed E-state index contributed by atoms with van der Waals surface area (Å²) in [7, 11) is 0. The Labute approximate surface area is 160 Å². The molecule has 0 aliphatic rings. The number of nitrogens with one attached hydrogen (secondary N) is 1. The smallest absolute Gasteiger partial charge is 0.278 e. The van der Waals surface area contributed by atoms with E-state index in [1.165, 1.54) is 11.1 Å². The van der Waals surface area contributed by atoms with E-state index in [9.17, 15) is 4.79 Å². The summed E-state index contributed by atoms with van der Waals surface area (Å²) in [6, 6.07) is 28.2. The molecule has 1 amide bonds. The van der Waals surface area contributed by atoms with Gasteiger partial charge in [-0.15, -0.1) is 0 Å². The second-order valence-corrected chi connectivity index (χ2v) is 6.17. The Bertz CT molecular complexity index is 805. The molecular formula is C22H23ClN2O. The summed E-state index contributed by atoms with van der Waals surface area (Å²) < 4.78 is 0. The molecule has 0 saturated carbocycles. The van der Waals surface area contributed by atoms with Crippen molar-refractivity contribution >= 4 is 5.91 Å². The normalized spacial score (nSPS) is 11.3. The van der Waals surface area contributed by atoms with Crippen molar-refractivity contribution in [3.8, 4) is 11.1 Å². The highest BCUT2D eigenvalue weighted by Crippen LogP contribution is 2.19. The average Bonchev–Trinajstić information content (AvgIpc) is 2.68. The number of benzene rings is 3. The largest absolute Gasteiger partial charge is 1.00 e. The molecule has 0 saturated heterocycles. The number of carbonyl (C=O) groups is 1. The highest BCUT2D eigenvalue weighted by molar-refractivity contribution is 5.80. The van der Waals surface area contributed by atoms with Gasteiger partial charge in [-0.05, 0) is 22.3 Å². The van der Waals surface area contributed by atoms with Gasteiger partial charge in [0, 0.05) is 13.0 Å². The van der Waals surface area contributed by atoms with Gasteiger partial charge in [0.2, 0.25) is 0 Å². The number of amides is 1. The van der Waals surface area contributed by atoms with Crippen molar-refractivity contribution in [3.63, 3.8) is 0 Å². The number of hydrogen-bond donors (Lipinski definition) is 2. The molecule has 0 fully saturated rings. The number of rotatable bonds is 6. The van der Waals surface area contributed by atoms with Gasteiger partial charge in [0.15, 0.2) is 6.04 Å². The summed E-state index contributed by atoms with van der Waals surface area (Å²) in [4.78, 5) is 12.2. The van der Waals surface area contributed by atoms with Crippen molar-refractivity contribution < 1.29 is 22.9 Å². The van der Waals surface area contributed by atoms with Gasteiger partial charge in [0.25, 0.3) is 5.91 Å². The number of hydrogen-bond acceptors (Lipinski definition) is 1. The first kappa shape index (κ1) is 19.7.